The van der Waals surface area contributed by atoms with Gasteiger partial charge >= 0.3 is 0 Å². The van der Waals surface area contributed by atoms with Crippen LogP contribution in [-0.2, 0) is 35.5 Å². The molecule has 0 aromatic carbocycles. The second-order valence-electron chi connectivity index (χ2n) is 8.29. The number of aromatic nitrogens is 2. The molecule has 1 aliphatic carbocycles. The van der Waals surface area contributed by atoms with E-state index in [1.807, 2.05) is 4.90 Å². The van der Waals surface area contributed by atoms with E-state index in [9.17, 15) is 9.59 Å². The second kappa shape index (κ2) is 8.16. The smallest absolute Gasteiger partial charge is 0.263 e. The number of carbonyl (C=O) groups excluding carboxylic acids is 1. The number of carbonyl (C=O) groups is 1. The van der Waals surface area contributed by atoms with Crippen LogP contribution in [0, 0.1) is 0 Å². The highest BCUT2D eigenvalue weighted by Gasteiger charge is 2.25. The number of hydrogen-bond donors (Lipinski definition) is 0. The van der Waals surface area contributed by atoms with Crippen LogP contribution in [0.5, 0.6) is 0 Å². The molecule has 0 spiro atoms. The summed E-state index contributed by atoms with van der Waals surface area (Å²) in [7, 11) is 0. The van der Waals surface area contributed by atoms with Gasteiger partial charge in [0.25, 0.3) is 5.56 Å². The van der Waals surface area contributed by atoms with Gasteiger partial charge in [0.15, 0.2) is 0 Å². The number of morpholine rings is 1. The molecular formula is C21H28N4O3S. The van der Waals surface area contributed by atoms with Crippen molar-refractivity contribution in [3.8, 4) is 0 Å². The van der Waals surface area contributed by atoms with E-state index in [4.69, 9.17) is 9.72 Å². The van der Waals surface area contributed by atoms with Crippen LogP contribution in [-0.4, -0.2) is 64.7 Å². The van der Waals surface area contributed by atoms with Crippen LogP contribution >= 0.6 is 11.3 Å². The molecule has 29 heavy (non-hydrogen) atoms. The van der Waals surface area contributed by atoms with Crippen molar-refractivity contribution in [2.24, 2.45) is 0 Å². The van der Waals surface area contributed by atoms with E-state index in [1.54, 1.807) is 15.9 Å². The van der Waals surface area contributed by atoms with Gasteiger partial charge < -0.3 is 9.64 Å². The SMILES string of the molecule is O=C(Cn1c(CN2CCCC2)nc2sc3c(c2c1=O)CCCC3)N1CCOCC1. The van der Waals surface area contributed by atoms with Crippen LogP contribution in [0.4, 0.5) is 0 Å². The zero-order valence-electron chi connectivity index (χ0n) is 16.8. The Balaban J connectivity index is 1.55. The van der Waals surface area contributed by atoms with Crippen molar-refractivity contribution in [1.29, 1.82) is 0 Å². The first-order chi connectivity index (χ1) is 14.2. The van der Waals surface area contributed by atoms with E-state index in [0.717, 1.165) is 48.4 Å². The molecule has 0 N–H and O–H groups in total. The van der Waals surface area contributed by atoms with Crippen molar-refractivity contribution in [1.82, 2.24) is 19.4 Å². The third-order valence-electron chi connectivity index (χ3n) is 6.37. The number of fused-ring (bicyclic) bond motifs is 3. The van der Waals surface area contributed by atoms with E-state index < -0.39 is 0 Å². The summed E-state index contributed by atoms with van der Waals surface area (Å²) in [6.07, 6.45) is 6.68. The Morgan fingerprint density at radius 3 is 2.59 bits per heavy atom. The van der Waals surface area contributed by atoms with Crippen molar-refractivity contribution >= 4 is 27.5 Å². The maximum absolute atomic E-state index is 13.6. The summed E-state index contributed by atoms with van der Waals surface area (Å²) >= 11 is 1.69. The molecule has 0 bridgehead atoms. The lowest BCUT2D eigenvalue weighted by atomic mass is 9.97. The molecule has 2 fully saturated rings. The van der Waals surface area contributed by atoms with E-state index >= 15 is 0 Å². The first-order valence-corrected chi connectivity index (χ1v) is 11.6. The quantitative estimate of drug-likeness (QED) is 0.760. The minimum Gasteiger partial charge on any atom is -0.378 e. The number of amides is 1. The number of hydrogen-bond acceptors (Lipinski definition) is 6. The number of ether oxygens (including phenoxy) is 1. The van der Waals surface area contributed by atoms with E-state index in [0.29, 0.717) is 32.8 Å². The molecule has 1 amide bonds. The first kappa shape index (κ1) is 19.2. The molecular weight excluding hydrogens is 388 g/mol. The Kier molecular flexibility index (Phi) is 5.41. The standard InChI is InChI=1S/C21H28N4O3S/c26-18(24-9-11-28-12-10-24)14-25-17(13-23-7-3-4-8-23)22-20-19(21(25)27)15-5-1-2-6-16(15)29-20/h1-14H2. The van der Waals surface area contributed by atoms with Gasteiger partial charge in [-0.3, -0.25) is 19.1 Å². The Morgan fingerprint density at radius 2 is 1.79 bits per heavy atom. The van der Waals surface area contributed by atoms with Crippen molar-refractivity contribution < 1.29 is 9.53 Å². The Hall–Kier alpha value is -1.77. The lowest BCUT2D eigenvalue weighted by molar-refractivity contribution is -0.136. The molecule has 7 nitrogen and oxygen atoms in total. The van der Waals surface area contributed by atoms with Gasteiger partial charge in [0.2, 0.25) is 5.91 Å². The second-order valence-corrected chi connectivity index (χ2v) is 9.37. The molecule has 2 aromatic heterocycles. The van der Waals surface area contributed by atoms with Crippen LogP contribution in [0.2, 0.25) is 0 Å². The monoisotopic (exact) mass is 416 g/mol. The van der Waals surface area contributed by atoms with Crippen LogP contribution in [0.3, 0.4) is 0 Å². The van der Waals surface area contributed by atoms with Gasteiger partial charge in [-0.05, 0) is 57.2 Å². The summed E-state index contributed by atoms with van der Waals surface area (Å²) < 4.78 is 7.03. The molecule has 0 saturated carbocycles. The molecule has 5 rings (SSSR count). The first-order valence-electron chi connectivity index (χ1n) is 10.8. The number of nitrogens with zero attached hydrogens (tertiary/aromatic N) is 4. The topological polar surface area (TPSA) is 67.7 Å². The van der Waals surface area contributed by atoms with Crippen LogP contribution in [0.15, 0.2) is 4.79 Å². The summed E-state index contributed by atoms with van der Waals surface area (Å²) in [4.78, 5) is 37.8. The fraction of sp³-hybridized carbons (Fsp3) is 0.667. The molecule has 0 atom stereocenters. The number of thiophene rings is 1. The highest BCUT2D eigenvalue weighted by atomic mass is 32.1. The third-order valence-corrected chi connectivity index (χ3v) is 7.56. The van der Waals surface area contributed by atoms with E-state index in [2.05, 4.69) is 4.90 Å². The fourth-order valence-electron chi connectivity index (χ4n) is 4.75. The summed E-state index contributed by atoms with van der Waals surface area (Å²) in [5, 5.41) is 0.768. The molecule has 4 heterocycles. The average molecular weight is 417 g/mol. The number of aryl methyl sites for hydroxylation is 2. The van der Waals surface area contributed by atoms with Gasteiger partial charge in [0, 0.05) is 18.0 Å². The van der Waals surface area contributed by atoms with Gasteiger partial charge in [-0.2, -0.15) is 0 Å². The van der Waals surface area contributed by atoms with Gasteiger partial charge in [0.05, 0.1) is 25.1 Å². The largest absolute Gasteiger partial charge is 0.378 e. The lowest BCUT2D eigenvalue weighted by Crippen LogP contribution is -2.44. The van der Waals surface area contributed by atoms with Crippen molar-refractivity contribution in [3.05, 3.63) is 26.6 Å². The third kappa shape index (κ3) is 3.73. The van der Waals surface area contributed by atoms with Gasteiger partial charge in [-0.1, -0.05) is 0 Å². The van der Waals surface area contributed by atoms with E-state index in [1.165, 1.54) is 29.7 Å². The molecule has 3 aliphatic rings. The molecule has 2 aliphatic heterocycles. The van der Waals surface area contributed by atoms with Crippen LogP contribution in [0.1, 0.15) is 41.9 Å². The minimum absolute atomic E-state index is 0.0108. The lowest BCUT2D eigenvalue weighted by Gasteiger charge is -2.27. The highest BCUT2D eigenvalue weighted by Crippen LogP contribution is 2.34. The highest BCUT2D eigenvalue weighted by molar-refractivity contribution is 7.18. The van der Waals surface area contributed by atoms with Crippen molar-refractivity contribution in [2.75, 3.05) is 39.4 Å². The predicted molar refractivity (Wildman–Crippen MR) is 112 cm³/mol. The van der Waals surface area contributed by atoms with Gasteiger partial charge in [-0.25, -0.2) is 4.98 Å². The van der Waals surface area contributed by atoms with Crippen LogP contribution < -0.4 is 5.56 Å². The molecule has 156 valence electrons. The van der Waals surface area contributed by atoms with Crippen LogP contribution in [0.25, 0.3) is 10.2 Å². The zero-order chi connectivity index (χ0) is 19.8. The molecule has 8 heteroatoms. The molecule has 0 radical (unpaired) electrons. The maximum Gasteiger partial charge on any atom is 0.263 e. The van der Waals surface area contributed by atoms with Crippen molar-refractivity contribution in [3.63, 3.8) is 0 Å². The number of likely N-dealkylation sites (tertiary alicyclic amines) is 1. The summed E-state index contributed by atoms with van der Waals surface area (Å²) in [6.45, 7) is 5.11. The predicted octanol–water partition coefficient (Wildman–Crippen LogP) is 1.79. The normalized spacial score (nSPS) is 20.3. The maximum atomic E-state index is 13.6. The molecule has 2 aromatic rings. The summed E-state index contributed by atoms with van der Waals surface area (Å²) in [5.74, 6) is 0.730. The average Bonchev–Trinajstić information content (AvgIpc) is 3.38. The van der Waals surface area contributed by atoms with Gasteiger partial charge in [0.1, 0.15) is 17.2 Å². The number of rotatable bonds is 4. The minimum atomic E-state index is -0.0230. The Bertz CT molecular complexity index is 970. The zero-order valence-corrected chi connectivity index (χ0v) is 17.6. The Labute approximate surface area is 174 Å². The van der Waals surface area contributed by atoms with Crippen molar-refractivity contribution in [2.45, 2.75) is 51.6 Å². The molecule has 2 saturated heterocycles. The summed E-state index contributed by atoms with van der Waals surface area (Å²) in [5.41, 5.74) is 1.17. The molecule has 0 unspecified atom stereocenters. The Morgan fingerprint density at radius 1 is 1.03 bits per heavy atom. The fourth-order valence-corrected chi connectivity index (χ4v) is 6.02. The van der Waals surface area contributed by atoms with Gasteiger partial charge in [-0.15, -0.1) is 11.3 Å². The van der Waals surface area contributed by atoms with E-state index in [-0.39, 0.29) is 18.0 Å². The summed E-state index contributed by atoms with van der Waals surface area (Å²) in [6, 6.07) is 0.